The van der Waals surface area contributed by atoms with Gasteiger partial charge in [-0.25, -0.2) is 16.8 Å². The summed E-state index contributed by atoms with van der Waals surface area (Å²) in [4.78, 5) is 0.251. The number of benzene rings is 4. The lowest BCUT2D eigenvalue weighted by molar-refractivity contribution is 0.590. The van der Waals surface area contributed by atoms with E-state index in [1.54, 1.807) is 72.1 Å². The van der Waals surface area contributed by atoms with Crippen molar-refractivity contribution in [3.05, 3.63) is 118 Å². The number of nitrogens with zero attached hydrogens (tertiary/aromatic N) is 6. The summed E-state index contributed by atoms with van der Waals surface area (Å²) < 4.78 is 57.4. The van der Waals surface area contributed by atoms with Gasteiger partial charge in [-0.15, -0.1) is 0 Å². The van der Waals surface area contributed by atoms with Gasteiger partial charge in [0.15, 0.2) is 0 Å². The molecule has 0 heterocycles. The van der Waals surface area contributed by atoms with E-state index in [2.05, 4.69) is 0 Å². The van der Waals surface area contributed by atoms with Gasteiger partial charge >= 0.3 is 0 Å². The number of aryl methyl sites for hydroxylation is 2. The first kappa shape index (κ1) is 38.8. The molecule has 0 N–H and O–H groups in total. The van der Waals surface area contributed by atoms with Crippen LogP contribution in [0.1, 0.15) is 39.8 Å². The number of hydrogen-bond donors (Lipinski definition) is 0. The molecule has 0 spiro atoms. The fraction of sp³-hybridized carbons (Fsp3) is 0.243. The number of anilines is 2. The van der Waals surface area contributed by atoms with E-state index >= 15 is 0 Å². The first-order valence-corrected chi connectivity index (χ1v) is 20.9. The van der Waals surface area contributed by atoms with Crippen molar-refractivity contribution in [1.82, 2.24) is 0 Å². The van der Waals surface area contributed by atoms with Gasteiger partial charge in [0.05, 0.1) is 43.4 Å². The number of rotatable bonds is 16. The molecule has 0 bridgehead atoms. The van der Waals surface area contributed by atoms with Crippen LogP contribution in [0.25, 0.3) is 0 Å². The minimum absolute atomic E-state index is 0.0960. The van der Waals surface area contributed by atoms with Crippen molar-refractivity contribution in [3.63, 3.8) is 0 Å². The molecular weight excluding hydrogens is 721 g/mol. The second-order valence-corrected chi connectivity index (χ2v) is 17.4. The molecule has 10 nitrogen and oxygen atoms in total. The van der Waals surface area contributed by atoms with Crippen LogP contribution in [0.5, 0.6) is 0 Å². The van der Waals surface area contributed by atoms with Crippen LogP contribution in [-0.4, -0.2) is 52.9 Å². The van der Waals surface area contributed by atoms with Gasteiger partial charge in [0.1, 0.15) is 24.3 Å². The third kappa shape index (κ3) is 9.64. The molecule has 0 aliphatic rings. The van der Waals surface area contributed by atoms with Crippen molar-refractivity contribution in [2.45, 2.75) is 30.1 Å². The number of hydrogen-bond acceptors (Lipinski definition) is 10. The molecule has 4 rings (SSSR count). The number of sulfonamides is 2. The maximum Gasteiger partial charge on any atom is 0.264 e. The maximum atomic E-state index is 13.7. The summed E-state index contributed by atoms with van der Waals surface area (Å²) in [6.45, 7) is 4.03. The molecule has 260 valence electrons. The highest BCUT2D eigenvalue weighted by Gasteiger charge is 2.27. The fourth-order valence-electron chi connectivity index (χ4n) is 4.97. The van der Waals surface area contributed by atoms with E-state index in [0.29, 0.717) is 22.9 Å². The van der Waals surface area contributed by atoms with Gasteiger partial charge in [-0.05, 0) is 92.4 Å². The first-order chi connectivity index (χ1) is 24.5. The monoisotopic (exact) mass is 754 g/mol. The van der Waals surface area contributed by atoms with E-state index in [1.807, 2.05) is 38.1 Å². The Kier molecular flexibility index (Phi) is 13.6. The predicted octanol–water partition coefficient (Wildman–Crippen LogP) is 6.74. The van der Waals surface area contributed by atoms with Crippen LogP contribution >= 0.6 is 23.5 Å². The summed E-state index contributed by atoms with van der Waals surface area (Å²) in [7, 11) is -7.92. The van der Waals surface area contributed by atoms with Crippen LogP contribution in [0.4, 0.5) is 11.4 Å². The van der Waals surface area contributed by atoms with E-state index in [4.69, 9.17) is 0 Å². The highest BCUT2D eigenvalue weighted by molar-refractivity contribution is 8.00. The van der Waals surface area contributed by atoms with Gasteiger partial charge in [0.2, 0.25) is 0 Å². The quantitative estimate of drug-likeness (QED) is 0.112. The highest BCUT2D eigenvalue weighted by atomic mass is 32.2. The summed E-state index contributed by atoms with van der Waals surface area (Å²) in [5, 5.41) is 37.8. The Bertz CT molecular complexity index is 2090. The second-order valence-electron chi connectivity index (χ2n) is 11.3. The molecule has 0 radical (unpaired) electrons. The Morgan fingerprint density at radius 3 is 1.20 bits per heavy atom. The summed E-state index contributed by atoms with van der Waals surface area (Å²) in [6.07, 6.45) is 0.787. The maximum absolute atomic E-state index is 13.7. The Morgan fingerprint density at radius 1 is 0.510 bits per heavy atom. The lowest BCUT2D eigenvalue weighted by atomic mass is 10.1. The molecule has 0 aliphatic carbocycles. The van der Waals surface area contributed by atoms with Gasteiger partial charge < -0.3 is 0 Å². The van der Waals surface area contributed by atoms with Crippen LogP contribution in [-0.2, 0) is 20.0 Å². The second kappa shape index (κ2) is 17.8. The molecule has 0 aromatic heterocycles. The van der Waals surface area contributed by atoms with E-state index in [0.717, 1.165) is 29.1 Å². The minimum atomic E-state index is -3.96. The molecule has 0 fully saturated rings. The zero-order valence-electron chi connectivity index (χ0n) is 28.0. The number of nitriles is 4. The highest BCUT2D eigenvalue weighted by Crippen LogP contribution is 2.28. The Hall–Kier alpha value is -4.96. The summed E-state index contributed by atoms with van der Waals surface area (Å²) in [5.74, 6) is 2.41. The zero-order valence-corrected chi connectivity index (χ0v) is 31.2. The van der Waals surface area contributed by atoms with Crippen LogP contribution in [0.15, 0.2) is 94.7 Å². The molecular formula is C37H34N6O4S4. The van der Waals surface area contributed by atoms with Gasteiger partial charge in [0.25, 0.3) is 20.0 Å². The molecule has 0 atom stereocenters. The lowest BCUT2D eigenvalue weighted by Gasteiger charge is -2.25. The topological polar surface area (TPSA) is 170 Å². The Labute approximate surface area is 308 Å². The lowest BCUT2D eigenvalue weighted by Crippen LogP contribution is -2.33. The smallest absolute Gasteiger partial charge is 0.264 e. The Balaban J connectivity index is 1.37. The predicted molar refractivity (Wildman–Crippen MR) is 202 cm³/mol. The van der Waals surface area contributed by atoms with Crippen LogP contribution in [0.3, 0.4) is 0 Å². The van der Waals surface area contributed by atoms with Gasteiger partial charge in [-0.1, -0.05) is 35.4 Å². The van der Waals surface area contributed by atoms with Crippen LogP contribution < -0.4 is 8.61 Å². The molecule has 0 saturated carbocycles. The van der Waals surface area contributed by atoms with E-state index in [9.17, 15) is 37.9 Å². The van der Waals surface area contributed by atoms with E-state index in [1.165, 1.54) is 45.0 Å². The van der Waals surface area contributed by atoms with Crippen molar-refractivity contribution in [2.24, 2.45) is 0 Å². The SMILES string of the molecule is Cc1ccc(S(=O)(=O)N(CCSCCCSCCN(c2ccc(C#N)c(C#N)c2)S(=O)(=O)c2ccc(C)cc2)c2ccc(C#N)c(C#N)c2)cc1. The number of thioether (sulfide) groups is 2. The normalized spacial score (nSPS) is 11.1. The van der Waals surface area contributed by atoms with Crippen molar-refractivity contribution in [3.8, 4) is 24.3 Å². The molecule has 0 aliphatic heterocycles. The van der Waals surface area contributed by atoms with E-state index < -0.39 is 20.0 Å². The molecule has 0 amide bonds. The standard InChI is InChI=1S/C37H34N6O4S4/c1-28-4-12-36(13-5-28)50(44,45)42(34-10-8-30(24-38)32(22-34)26-40)16-20-48-18-3-19-49-21-17-43(35-11-9-31(25-39)33(23-35)27-41)51(46,47)37-14-6-29(2)7-15-37/h4-15,22-23H,3,16-21H2,1-2H3. The van der Waals surface area contributed by atoms with E-state index in [-0.39, 0.29) is 45.1 Å². The van der Waals surface area contributed by atoms with Gasteiger partial charge in [-0.2, -0.15) is 44.6 Å². The average Bonchev–Trinajstić information content (AvgIpc) is 3.13. The average molecular weight is 755 g/mol. The molecule has 0 saturated heterocycles. The fourth-order valence-corrected chi connectivity index (χ4v) is 10.0. The molecule has 51 heavy (non-hydrogen) atoms. The zero-order chi connectivity index (χ0) is 37.0. The minimum Gasteiger partial charge on any atom is -0.265 e. The molecule has 0 unspecified atom stereocenters. The van der Waals surface area contributed by atoms with Crippen molar-refractivity contribution < 1.29 is 16.8 Å². The first-order valence-electron chi connectivity index (χ1n) is 15.7. The van der Waals surface area contributed by atoms with Crippen molar-refractivity contribution in [1.29, 1.82) is 21.0 Å². The largest absolute Gasteiger partial charge is 0.265 e. The summed E-state index contributed by atoms with van der Waals surface area (Å²) >= 11 is 3.16. The Morgan fingerprint density at radius 2 is 0.863 bits per heavy atom. The molecule has 4 aromatic rings. The van der Waals surface area contributed by atoms with Crippen molar-refractivity contribution in [2.75, 3.05) is 44.7 Å². The molecule has 4 aromatic carbocycles. The molecule has 14 heteroatoms. The van der Waals surface area contributed by atoms with Crippen molar-refractivity contribution >= 4 is 54.9 Å². The van der Waals surface area contributed by atoms with Gasteiger partial charge in [0, 0.05) is 24.6 Å². The third-order valence-corrected chi connectivity index (χ3v) is 13.5. The van der Waals surface area contributed by atoms with Gasteiger partial charge in [-0.3, -0.25) is 8.61 Å². The van der Waals surface area contributed by atoms with Crippen LogP contribution in [0.2, 0.25) is 0 Å². The third-order valence-electron chi connectivity index (χ3n) is 7.74. The summed E-state index contributed by atoms with van der Waals surface area (Å²) in [6, 6.07) is 29.8. The van der Waals surface area contributed by atoms with Crippen LogP contribution in [0, 0.1) is 59.2 Å². The summed E-state index contributed by atoms with van der Waals surface area (Å²) in [5.41, 5.74) is 2.97.